The molecule has 1 aliphatic carbocycles. The summed E-state index contributed by atoms with van der Waals surface area (Å²) in [6.45, 7) is 5.18. The standard InChI is InChI=1S/C17H29N3O4/c1-3-15(21)20-8-6-5-7-14(20)17(24)18-12-9-13(10-12)19(4-2)11-16(22)23/h12-14H,3-11H2,1-2H3,(H,18,24)(H,22,23). The van der Waals surface area contributed by atoms with Crippen LogP contribution in [0.15, 0.2) is 0 Å². The summed E-state index contributed by atoms with van der Waals surface area (Å²) in [4.78, 5) is 39.1. The molecule has 1 saturated heterocycles. The average Bonchev–Trinajstić information content (AvgIpc) is 2.54. The van der Waals surface area contributed by atoms with Gasteiger partial charge in [-0.3, -0.25) is 19.3 Å². The van der Waals surface area contributed by atoms with Crippen molar-refractivity contribution in [3.8, 4) is 0 Å². The quantitative estimate of drug-likeness (QED) is 0.717. The molecule has 1 atom stereocenters. The number of aliphatic carboxylic acids is 1. The van der Waals surface area contributed by atoms with Gasteiger partial charge in [-0.05, 0) is 38.6 Å². The molecule has 2 aliphatic rings. The van der Waals surface area contributed by atoms with Gasteiger partial charge in [-0.15, -0.1) is 0 Å². The summed E-state index contributed by atoms with van der Waals surface area (Å²) in [7, 11) is 0. The lowest BCUT2D eigenvalue weighted by Gasteiger charge is -2.43. The van der Waals surface area contributed by atoms with Crippen molar-refractivity contribution < 1.29 is 19.5 Å². The predicted molar refractivity (Wildman–Crippen MR) is 89.5 cm³/mol. The summed E-state index contributed by atoms with van der Waals surface area (Å²) >= 11 is 0. The Labute approximate surface area is 143 Å². The Kier molecular flexibility index (Phi) is 6.60. The normalized spacial score (nSPS) is 26.8. The SMILES string of the molecule is CCC(=O)N1CCCCC1C(=O)NC1CC(N(CC)CC(=O)O)C1. The molecule has 2 rings (SSSR count). The molecule has 0 radical (unpaired) electrons. The number of carboxylic acids is 1. The first-order valence-corrected chi connectivity index (χ1v) is 9.01. The Morgan fingerprint density at radius 3 is 2.50 bits per heavy atom. The van der Waals surface area contributed by atoms with E-state index >= 15 is 0 Å². The van der Waals surface area contributed by atoms with Gasteiger partial charge in [-0.2, -0.15) is 0 Å². The van der Waals surface area contributed by atoms with Crippen molar-refractivity contribution in [3.63, 3.8) is 0 Å². The maximum Gasteiger partial charge on any atom is 0.317 e. The molecule has 0 aromatic rings. The second-order valence-corrected chi connectivity index (χ2v) is 6.74. The first kappa shape index (κ1) is 18.7. The second-order valence-electron chi connectivity index (χ2n) is 6.74. The second kappa shape index (κ2) is 8.46. The highest BCUT2D eigenvalue weighted by Gasteiger charge is 2.37. The summed E-state index contributed by atoms with van der Waals surface area (Å²) in [5.74, 6) is -0.832. The molecular formula is C17H29N3O4. The molecule has 2 N–H and O–H groups in total. The molecule has 2 fully saturated rings. The molecule has 2 amide bonds. The highest BCUT2D eigenvalue weighted by atomic mass is 16.4. The summed E-state index contributed by atoms with van der Waals surface area (Å²) in [5, 5.41) is 12.0. The number of carbonyl (C=O) groups excluding carboxylic acids is 2. The van der Waals surface area contributed by atoms with Gasteiger partial charge in [0.1, 0.15) is 6.04 Å². The number of carbonyl (C=O) groups is 3. The topological polar surface area (TPSA) is 90.0 Å². The number of piperidine rings is 1. The largest absolute Gasteiger partial charge is 0.480 e. The zero-order valence-corrected chi connectivity index (χ0v) is 14.7. The fourth-order valence-electron chi connectivity index (χ4n) is 3.68. The van der Waals surface area contributed by atoms with Crippen LogP contribution in [0.1, 0.15) is 52.4 Å². The van der Waals surface area contributed by atoms with Gasteiger partial charge < -0.3 is 15.3 Å². The number of likely N-dealkylation sites (tertiary alicyclic amines) is 1. The predicted octanol–water partition coefficient (Wildman–Crippen LogP) is 0.831. The lowest BCUT2D eigenvalue weighted by atomic mass is 9.85. The van der Waals surface area contributed by atoms with Crippen LogP contribution in [-0.4, -0.2) is 70.4 Å². The van der Waals surface area contributed by atoms with Crippen molar-refractivity contribution in [3.05, 3.63) is 0 Å². The lowest BCUT2D eigenvalue weighted by molar-refractivity contribution is -0.143. The van der Waals surface area contributed by atoms with Crippen LogP contribution < -0.4 is 5.32 Å². The van der Waals surface area contributed by atoms with Crippen LogP contribution in [0, 0.1) is 0 Å². The average molecular weight is 339 g/mol. The summed E-state index contributed by atoms with van der Waals surface area (Å²) in [5.41, 5.74) is 0. The maximum atomic E-state index is 12.5. The third kappa shape index (κ3) is 4.47. The number of carboxylic acid groups (broad SMARTS) is 1. The molecule has 0 bridgehead atoms. The van der Waals surface area contributed by atoms with Crippen molar-refractivity contribution in [1.82, 2.24) is 15.1 Å². The Balaban J connectivity index is 1.83. The van der Waals surface area contributed by atoms with E-state index in [0.29, 0.717) is 19.5 Å². The Bertz CT molecular complexity index is 476. The molecule has 1 aliphatic heterocycles. The first-order chi connectivity index (χ1) is 11.5. The molecule has 0 aromatic heterocycles. The third-order valence-electron chi connectivity index (χ3n) is 5.15. The third-order valence-corrected chi connectivity index (χ3v) is 5.15. The van der Waals surface area contributed by atoms with E-state index in [4.69, 9.17) is 5.11 Å². The Morgan fingerprint density at radius 2 is 1.92 bits per heavy atom. The first-order valence-electron chi connectivity index (χ1n) is 9.01. The van der Waals surface area contributed by atoms with Crippen LogP contribution in [0.2, 0.25) is 0 Å². The summed E-state index contributed by atoms with van der Waals surface area (Å²) < 4.78 is 0. The van der Waals surface area contributed by atoms with Gasteiger partial charge in [-0.25, -0.2) is 0 Å². The number of hydrogen-bond acceptors (Lipinski definition) is 4. The summed E-state index contributed by atoms with van der Waals surface area (Å²) in [6, 6.07) is -0.0338. The van der Waals surface area contributed by atoms with E-state index in [2.05, 4.69) is 5.32 Å². The molecule has 0 spiro atoms. The van der Waals surface area contributed by atoms with E-state index in [-0.39, 0.29) is 36.5 Å². The van der Waals surface area contributed by atoms with Gasteiger partial charge in [0, 0.05) is 25.0 Å². The molecule has 136 valence electrons. The molecule has 0 aromatic carbocycles. The minimum absolute atomic E-state index is 0.0416. The Morgan fingerprint density at radius 1 is 1.21 bits per heavy atom. The molecule has 1 unspecified atom stereocenters. The monoisotopic (exact) mass is 339 g/mol. The molecule has 24 heavy (non-hydrogen) atoms. The molecule has 1 saturated carbocycles. The number of likely N-dealkylation sites (N-methyl/N-ethyl adjacent to an activating group) is 1. The molecule has 7 heteroatoms. The zero-order chi connectivity index (χ0) is 17.7. The van der Waals surface area contributed by atoms with Crippen LogP contribution in [0.4, 0.5) is 0 Å². The maximum absolute atomic E-state index is 12.5. The van der Waals surface area contributed by atoms with Crippen molar-refractivity contribution in [2.24, 2.45) is 0 Å². The van der Waals surface area contributed by atoms with Gasteiger partial charge in [0.2, 0.25) is 11.8 Å². The number of nitrogens with one attached hydrogen (secondary N) is 1. The van der Waals surface area contributed by atoms with Crippen molar-refractivity contribution in [2.45, 2.75) is 70.5 Å². The fraction of sp³-hybridized carbons (Fsp3) is 0.824. The van der Waals surface area contributed by atoms with E-state index < -0.39 is 5.97 Å². The van der Waals surface area contributed by atoms with Crippen molar-refractivity contribution in [1.29, 1.82) is 0 Å². The highest BCUT2D eigenvalue weighted by Crippen LogP contribution is 2.26. The number of nitrogens with zero attached hydrogens (tertiary/aromatic N) is 2. The van der Waals surface area contributed by atoms with Crippen LogP contribution in [0.25, 0.3) is 0 Å². The molecular weight excluding hydrogens is 310 g/mol. The minimum atomic E-state index is -0.819. The van der Waals surface area contributed by atoms with Gasteiger partial charge in [-0.1, -0.05) is 13.8 Å². The van der Waals surface area contributed by atoms with Gasteiger partial charge in [0.15, 0.2) is 0 Å². The van der Waals surface area contributed by atoms with E-state index in [1.54, 1.807) is 4.90 Å². The van der Waals surface area contributed by atoms with Crippen LogP contribution in [-0.2, 0) is 14.4 Å². The smallest absolute Gasteiger partial charge is 0.317 e. The lowest BCUT2D eigenvalue weighted by Crippen LogP contribution is -2.59. The van der Waals surface area contributed by atoms with Gasteiger partial charge >= 0.3 is 5.97 Å². The van der Waals surface area contributed by atoms with Crippen LogP contribution in [0.3, 0.4) is 0 Å². The van der Waals surface area contributed by atoms with Crippen molar-refractivity contribution >= 4 is 17.8 Å². The van der Waals surface area contributed by atoms with Crippen molar-refractivity contribution in [2.75, 3.05) is 19.6 Å². The number of amides is 2. The molecule has 7 nitrogen and oxygen atoms in total. The van der Waals surface area contributed by atoms with E-state index in [0.717, 1.165) is 32.1 Å². The molecule has 1 heterocycles. The van der Waals surface area contributed by atoms with E-state index in [9.17, 15) is 14.4 Å². The van der Waals surface area contributed by atoms with Gasteiger partial charge in [0.25, 0.3) is 0 Å². The number of hydrogen-bond donors (Lipinski definition) is 2. The van der Waals surface area contributed by atoms with Crippen LogP contribution in [0.5, 0.6) is 0 Å². The Hall–Kier alpha value is -1.63. The fourth-order valence-corrected chi connectivity index (χ4v) is 3.68. The van der Waals surface area contributed by atoms with E-state index in [1.165, 1.54) is 0 Å². The number of rotatable bonds is 7. The summed E-state index contributed by atoms with van der Waals surface area (Å²) in [6.07, 6.45) is 4.65. The zero-order valence-electron chi connectivity index (χ0n) is 14.7. The highest BCUT2D eigenvalue weighted by molar-refractivity contribution is 5.88. The van der Waals surface area contributed by atoms with E-state index in [1.807, 2.05) is 18.7 Å². The van der Waals surface area contributed by atoms with Crippen LogP contribution >= 0.6 is 0 Å². The van der Waals surface area contributed by atoms with Gasteiger partial charge in [0.05, 0.1) is 6.54 Å². The minimum Gasteiger partial charge on any atom is -0.480 e.